The van der Waals surface area contributed by atoms with Crippen LogP contribution in [-0.2, 0) is 10.3 Å². The van der Waals surface area contributed by atoms with Gasteiger partial charge in [-0.1, -0.05) is 45.4 Å². The van der Waals surface area contributed by atoms with Crippen molar-refractivity contribution in [3.05, 3.63) is 40.6 Å². The summed E-state index contributed by atoms with van der Waals surface area (Å²) in [5, 5.41) is 12.8. The Labute approximate surface area is 189 Å². The van der Waals surface area contributed by atoms with Crippen molar-refractivity contribution in [3.63, 3.8) is 0 Å². The normalized spacial score (nSPS) is 20.2. The maximum absolute atomic E-state index is 12.7. The molecule has 2 amide bonds. The highest BCUT2D eigenvalue weighted by Crippen LogP contribution is 2.40. The topological polar surface area (TPSA) is 69.6 Å². The van der Waals surface area contributed by atoms with Crippen LogP contribution in [0.3, 0.4) is 0 Å². The third kappa shape index (κ3) is 5.94. The molecule has 2 rings (SSSR count). The molecule has 1 aliphatic rings. The van der Waals surface area contributed by atoms with E-state index in [4.69, 9.17) is 16.7 Å². The zero-order valence-electron chi connectivity index (χ0n) is 18.5. The van der Waals surface area contributed by atoms with Gasteiger partial charge in [0.1, 0.15) is 0 Å². The van der Waals surface area contributed by atoms with Gasteiger partial charge >= 0.3 is 12.0 Å². The van der Waals surface area contributed by atoms with Gasteiger partial charge in [-0.2, -0.15) is 0 Å². The summed E-state index contributed by atoms with van der Waals surface area (Å²) in [6, 6.07) is 5.72. The minimum absolute atomic E-state index is 0.0947. The Morgan fingerprint density at radius 2 is 2.03 bits per heavy atom. The van der Waals surface area contributed by atoms with E-state index in [1.807, 2.05) is 31.3 Å². The fourth-order valence-electron chi connectivity index (χ4n) is 3.51. The molecule has 166 valence electrons. The number of carbonyl (C=O) groups excluding carboxylic acids is 1. The quantitative estimate of drug-likeness (QED) is 0.419. The predicted octanol–water partition coefficient (Wildman–Crippen LogP) is 6.12. The van der Waals surface area contributed by atoms with Crippen molar-refractivity contribution in [2.45, 2.75) is 64.3 Å². The average Bonchev–Trinajstić information content (AvgIpc) is 2.67. The Bertz CT molecular complexity index is 812. The summed E-state index contributed by atoms with van der Waals surface area (Å²) in [7, 11) is 0. The van der Waals surface area contributed by atoms with E-state index in [2.05, 4.69) is 33.0 Å². The fraction of sp³-hybridized carbons (Fsp3) is 0.565. The molecular weight excluding hydrogens is 420 g/mol. The Morgan fingerprint density at radius 3 is 2.60 bits per heavy atom. The van der Waals surface area contributed by atoms with Crippen LogP contribution in [0.5, 0.6) is 0 Å². The van der Waals surface area contributed by atoms with Crippen LogP contribution in [0.25, 0.3) is 0 Å². The molecule has 1 aromatic rings. The number of amides is 2. The van der Waals surface area contributed by atoms with Gasteiger partial charge in [0, 0.05) is 17.6 Å². The summed E-state index contributed by atoms with van der Waals surface area (Å²) in [6.07, 6.45) is 3.77. The third-order valence-electron chi connectivity index (χ3n) is 5.66. The van der Waals surface area contributed by atoms with Crippen molar-refractivity contribution in [2.75, 3.05) is 12.3 Å². The largest absolute Gasteiger partial charge is 0.481 e. The number of hydrogen-bond donors (Lipinski definition) is 2. The molecule has 1 aliphatic heterocycles. The maximum atomic E-state index is 12.7. The molecule has 1 heterocycles. The molecule has 0 saturated heterocycles. The van der Waals surface area contributed by atoms with Gasteiger partial charge < -0.3 is 15.3 Å². The lowest BCUT2D eigenvalue weighted by molar-refractivity contribution is -0.137. The van der Waals surface area contributed by atoms with Gasteiger partial charge in [0.25, 0.3) is 0 Å². The predicted molar refractivity (Wildman–Crippen MR) is 124 cm³/mol. The molecule has 30 heavy (non-hydrogen) atoms. The van der Waals surface area contributed by atoms with Gasteiger partial charge in [-0.25, -0.2) is 4.79 Å². The number of urea groups is 1. The molecule has 2 atom stereocenters. The first kappa shape index (κ1) is 24.6. The molecule has 0 bridgehead atoms. The van der Waals surface area contributed by atoms with Crippen molar-refractivity contribution < 1.29 is 14.7 Å². The molecule has 0 aromatic heterocycles. The summed E-state index contributed by atoms with van der Waals surface area (Å²) in [4.78, 5) is 26.2. The number of hydrogen-bond acceptors (Lipinski definition) is 3. The molecule has 1 aromatic carbocycles. The highest BCUT2D eigenvalue weighted by molar-refractivity contribution is 7.99. The van der Waals surface area contributed by atoms with E-state index in [0.29, 0.717) is 10.9 Å². The second-order valence-corrected chi connectivity index (χ2v) is 10.0. The number of aliphatic carboxylic acids is 1. The molecule has 0 aliphatic carbocycles. The Morgan fingerprint density at radius 1 is 1.33 bits per heavy atom. The Hall–Kier alpha value is -1.66. The zero-order valence-corrected chi connectivity index (χ0v) is 20.1. The van der Waals surface area contributed by atoms with Crippen molar-refractivity contribution in [3.8, 4) is 0 Å². The highest BCUT2D eigenvalue weighted by atomic mass is 35.5. The van der Waals surface area contributed by atoms with Gasteiger partial charge in [-0.05, 0) is 60.6 Å². The van der Waals surface area contributed by atoms with Gasteiger partial charge in [0.2, 0.25) is 0 Å². The minimum atomic E-state index is -0.924. The van der Waals surface area contributed by atoms with E-state index in [1.165, 1.54) is 4.90 Å². The highest BCUT2D eigenvalue weighted by Gasteiger charge is 2.40. The summed E-state index contributed by atoms with van der Waals surface area (Å²) in [5.41, 5.74) is 1.28. The van der Waals surface area contributed by atoms with E-state index >= 15 is 0 Å². The van der Waals surface area contributed by atoms with Gasteiger partial charge in [-0.15, -0.1) is 11.8 Å². The molecule has 0 fully saturated rings. The Kier molecular flexibility index (Phi) is 8.68. The summed E-state index contributed by atoms with van der Waals surface area (Å²) in [5.74, 6) is 0.953. The molecule has 7 heteroatoms. The van der Waals surface area contributed by atoms with E-state index in [9.17, 15) is 9.59 Å². The monoisotopic (exact) mass is 452 g/mol. The standard InChI is InChI=1S/C23H33ClN2O3S/c1-6-16(4)18-14-26(11-9-21(27)28)22(29)25-23(18,5)17-7-8-20(19(24)13-17)30-12-10-15(2)3/h7-8,13-16H,6,9-12H2,1-5H3,(H,25,29)(H,27,28)/t16?,23-/m0/s1. The van der Waals surface area contributed by atoms with Crippen molar-refractivity contribution >= 4 is 35.4 Å². The van der Waals surface area contributed by atoms with E-state index in [-0.39, 0.29) is 24.9 Å². The number of carboxylic acids is 1. The number of nitrogens with one attached hydrogen (secondary N) is 1. The number of benzene rings is 1. The van der Waals surface area contributed by atoms with Crippen LogP contribution in [0, 0.1) is 11.8 Å². The van der Waals surface area contributed by atoms with Crippen LogP contribution in [-0.4, -0.2) is 34.3 Å². The van der Waals surface area contributed by atoms with Crippen molar-refractivity contribution in [1.82, 2.24) is 10.2 Å². The second-order valence-electron chi connectivity index (χ2n) is 8.46. The lowest BCUT2D eigenvalue weighted by atomic mass is 9.77. The first-order valence-corrected chi connectivity index (χ1v) is 11.9. The lowest BCUT2D eigenvalue weighted by Gasteiger charge is -2.43. The van der Waals surface area contributed by atoms with E-state index in [1.54, 1.807) is 11.8 Å². The fourth-order valence-corrected chi connectivity index (χ4v) is 5.02. The number of thioether (sulfide) groups is 1. The molecule has 0 saturated carbocycles. The van der Waals surface area contributed by atoms with E-state index in [0.717, 1.165) is 34.6 Å². The summed E-state index contributed by atoms with van der Waals surface area (Å²) < 4.78 is 0. The number of nitrogens with zero attached hydrogens (tertiary/aromatic N) is 1. The summed E-state index contributed by atoms with van der Waals surface area (Å²) in [6.45, 7) is 10.8. The second kappa shape index (κ2) is 10.6. The van der Waals surface area contributed by atoms with Crippen LogP contribution in [0.2, 0.25) is 5.02 Å². The molecule has 0 spiro atoms. The third-order valence-corrected chi connectivity index (χ3v) is 7.19. The van der Waals surface area contributed by atoms with Crippen LogP contribution in [0.4, 0.5) is 4.79 Å². The number of carboxylic acid groups (broad SMARTS) is 1. The molecular formula is C23H33ClN2O3S. The Balaban J connectivity index is 2.35. The van der Waals surface area contributed by atoms with Gasteiger partial charge in [-0.3, -0.25) is 4.79 Å². The smallest absolute Gasteiger partial charge is 0.322 e. The zero-order chi connectivity index (χ0) is 22.5. The maximum Gasteiger partial charge on any atom is 0.322 e. The van der Waals surface area contributed by atoms with Crippen molar-refractivity contribution in [2.24, 2.45) is 11.8 Å². The van der Waals surface area contributed by atoms with Crippen LogP contribution < -0.4 is 5.32 Å². The van der Waals surface area contributed by atoms with Crippen LogP contribution in [0.15, 0.2) is 34.9 Å². The molecule has 5 nitrogen and oxygen atoms in total. The first-order chi connectivity index (χ1) is 14.1. The molecule has 1 unspecified atom stereocenters. The lowest BCUT2D eigenvalue weighted by Crippen LogP contribution is -2.55. The first-order valence-electron chi connectivity index (χ1n) is 10.5. The number of carbonyl (C=O) groups is 2. The summed E-state index contributed by atoms with van der Waals surface area (Å²) >= 11 is 8.36. The number of rotatable bonds is 10. The molecule has 2 N–H and O–H groups in total. The van der Waals surface area contributed by atoms with E-state index < -0.39 is 11.5 Å². The van der Waals surface area contributed by atoms with Gasteiger partial charge in [0.15, 0.2) is 0 Å². The average molecular weight is 453 g/mol. The van der Waals surface area contributed by atoms with Crippen LogP contribution >= 0.6 is 23.4 Å². The van der Waals surface area contributed by atoms with Gasteiger partial charge in [0.05, 0.1) is 17.0 Å². The number of halogens is 1. The van der Waals surface area contributed by atoms with Crippen LogP contribution in [0.1, 0.15) is 59.4 Å². The van der Waals surface area contributed by atoms with Crippen molar-refractivity contribution in [1.29, 1.82) is 0 Å². The minimum Gasteiger partial charge on any atom is -0.481 e. The SMILES string of the molecule is CCC(C)C1=CN(CCC(=O)O)C(=O)N[C@@]1(C)c1ccc(SCCC(C)C)c(Cl)c1. The molecule has 0 radical (unpaired) electrons.